The predicted molar refractivity (Wildman–Crippen MR) is 104 cm³/mol. The first-order valence-electron chi connectivity index (χ1n) is 8.53. The number of hydrogen-bond donors (Lipinski definition) is 2. The van der Waals surface area contributed by atoms with Crippen LogP contribution in [0.3, 0.4) is 0 Å². The molecule has 0 aliphatic carbocycles. The van der Waals surface area contributed by atoms with Gasteiger partial charge in [0.15, 0.2) is 0 Å². The zero-order valence-corrected chi connectivity index (χ0v) is 15.0. The summed E-state index contributed by atoms with van der Waals surface area (Å²) < 4.78 is 0. The quantitative estimate of drug-likeness (QED) is 0.698. The van der Waals surface area contributed by atoms with Crippen LogP contribution in [0.2, 0.25) is 5.02 Å². The smallest absolute Gasteiger partial charge is 0.255 e. The average Bonchev–Trinajstić information content (AvgIpc) is 2.64. The van der Waals surface area contributed by atoms with Crippen LogP contribution < -0.4 is 11.3 Å². The third-order valence-corrected chi connectivity index (χ3v) is 4.90. The topological polar surface area (TPSA) is 75.0 Å². The Kier molecular flexibility index (Phi) is 4.49. The van der Waals surface area contributed by atoms with Gasteiger partial charge < -0.3 is 10.7 Å². The minimum Gasteiger partial charge on any atom is -0.399 e. The highest BCUT2D eigenvalue weighted by atomic mass is 35.5. The lowest BCUT2D eigenvalue weighted by Crippen LogP contribution is -2.35. The summed E-state index contributed by atoms with van der Waals surface area (Å²) in [4.78, 5) is 22.5. The molecule has 0 saturated heterocycles. The van der Waals surface area contributed by atoms with Crippen LogP contribution in [0.15, 0.2) is 53.3 Å². The van der Waals surface area contributed by atoms with Gasteiger partial charge in [0.2, 0.25) is 0 Å². The molecule has 2 heterocycles. The Morgan fingerprint density at radius 1 is 1.12 bits per heavy atom. The number of nitrogen functional groups attached to an aromatic ring is 1. The molecule has 0 fully saturated rings. The Balaban J connectivity index is 1.57. The third-order valence-electron chi connectivity index (χ3n) is 4.65. The maximum absolute atomic E-state index is 12.6. The number of nitrogens with zero attached hydrogens (tertiary/aromatic N) is 2. The molecule has 4 rings (SSSR count). The molecule has 0 saturated carbocycles. The highest BCUT2D eigenvalue weighted by Crippen LogP contribution is 2.21. The average molecular weight is 367 g/mol. The second kappa shape index (κ2) is 6.94. The van der Waals surface area contributed by atoms with E-state index >= 15 is 0 Å². The van der Waals surface area contributed by atoms with Crippen LogP contribution in [0.25, 0.3) is 11.4 Å². The van der Waals surface area contributed by atoms with Crippen molar-refractivity contribution in [1.29, 1.82) is 0 Å². The summed E-state index contributed by atoms with van der Waals surface area (Å²) in [6.45, 7) is 2.26. The van der Waals surface area contributed by atoms with E-state index in [0.29, 0.717) is 18.1 Å². The fourth-order valence-corrected chi connectivity index (χ4v) is 3.37. The molecular formula is C20H19ClN4O. The number of anilines is 1. The normalized spacial score (nSPS) is 14.2. The fourth-order valence-electron chi connectivity index (χ4n) is 3.24. The lowest BCUT2D eigenvalue weighted by Gasteiger charge is -2.27. The van der Waals surface area contributed by atoms with Crippen molar-refractivity contribution < 1.29 is 0 Å². The van der Waals surface area contributed by atoms with E-state index in [1.54, 1.807) is 0 Å². The second-order valence-electron chi connectivity index (χ2n) is 6.55. The number of benzene rings is 2. The van der Waals surface area contributed by atoms with Gasteiger partial charge in [-0.05, 0) is 42.0 Å². The number of fused-ring (bicyclic) bond motifs is 1. The number of rotatable bonds is 3. The van der Waals surface area contributed by atoms with Gasteiger partial charge in [0, 0.05) is 42.3 Å². The Labute approximate surface area is 156 Å². The van der Waals surface area contributed by atoms with Crippen LogP contribution >= 0.6 is 11.6 Å². The number of nitrogens with two attached hydrogens (primary N) is 1. The molecule has 3 N–H and O–H groups in total. The van der Waals surface area contributed by atoms with Gasteiger partial charge in [-0.25, -0.2) is 4.98 Å². The van der Waals surface area contributed by atoms with E-state index in [0.717, 1.165) is 41.4 Å². The van der Waals surface area contributed by atoms with E-state index in [9.17, 15) is 4.79 Å². The molecule has 1 aliphatic heterocycles. The van der Waals surface area contributed by atoms with Gasteiger partial charge in [-0.3, -0.25) is 9.69 Å². The van der Waals surface area contributed by atoms with Crippen molar-refractivity contribution in [2.75, 3.05) is 12.3 Å². The number of halogens is 1. The number of H-pyrrole nitrogens is 1. The van der Waals surface area contributed by atoms with Crippen LogP contribution in [-0.4, -0.2) is 21.4 Å². The van der Waals surface area contributed by atoms with Gasteiger partial charge >= 0.3 is 0 Å². The van der Waals surface area contributed by atoms with Crippen molar-refractivity contribution in [2.45, 2.75) is 19.5 Å². The highest BCUT2D eigenvalue weighted by Gasteiger charge is 2.21. The van der Waals surface area contributed by atoms with E-state index in [1.165, 1.54) is 5.56 Å². The molecule has 0 amide bonds. The molecular weight excluding hydrogens is 348 g/mol. The standard InChI is InChI=1S/C20H19ClN4O/c21-15-5-1-13(2-6-15)11-25-10-9-18-17(12-25)20(26)24-19(23-18)14-3-7-16(22)8-4-14/h1-8H,9-12,22H2,(H,23,24,26). The third kappa shape index (κ3) is 3.49. The summed E-state index contributed by atoms with van der Waals surface area (Å²) in [6.07, 6.45) is 0.759. The van der Waals surface area contributed by atoms with Gasteiger partial charge in [0.05, 0.1) is 11.3 Å². The molecule has 0 bridgehead atoms. The van der Waals surface area contributed by atoms with Crippen molar-refractivity contribution in [2.24, 2.45) is 0 Å². The SMILES string of the molecule is Nc1ccc(-c2nc3c(c(=O)[nH]2)CN(Cc2ccc(Cl)cc2)CC3)cc1. The summed E-state index contributed by atoms with van der Waals surface area (Å²) in [7, 11) is 0. The van der Waals surface area contributed by atoms with Gasteiger partial charge in [-0.2, -0.15) is 0 Å². The van der Waals surface area contributed by atoms with Crippen LogP contribution in [0, 0.1) is 0 Å². The molecule has 6 heteroatoms. The van der Waals surface area contributed by atoms with Crippen molar-refractivity contribution in [1.82, 2.24) is 14.9 Å². The van der Waals surface area contributed by atoms with Gasteiger partial charge in [-0.15, -0.1) is 0 Å². The summed E-state index contributed by atoms with van der Waals surface area (Å²) in [5.74, 6) is 0.597. The molecule has 2 aromatic carbocycles. The Hall–Kier alpha value is -2.63. The van der Waals surface area contributed by atoms with E-state index in [4.69, 9.17) is 17.3 Å². The fraction of sp³-hybridized carbons (Fsp3) is 0.200. The molecule has 3 aromatic rings. The van der Waals surface area contributed by atoms with Crippen molar-refractivity contribution in [3.05, 3.63) is 80.7 Å². The van der Waals surface area contributed by atoms with Crippen molar-refractivity contribution in [3.8, 4) is 11.4 Å². The molecule has 0 spiro atoms. The lowest BCUT2D eigenvalue weighted by atomic mass is 10.1. The summed E-state index contributed by atoms with van der Waals surface area (Å²) in [6, 6.07) is 15.2. The van der Waals surface area contributed by atoms with E-state index in [-0.39, 0.29) is 5.56 Å². The molecule has 1 aliphatic rings. The summed E-state index contributed by atoms with van der Waals surface area (Å²) >= 11 is 5.94. The molecule has 0 radical (unpaired) electrons. The van der Waals surface area contributed by atoms with Crippen LogP contribution in [0.5, 0.6) is 0 Å². The van der Waals surface area contributed by atoms with E-state index < -0.39 is 0 Å². The minimum atomic E-state index is -0.0670. The van der Waals surface area contributed by atoms with Gasteiger partial charge in [0.25, 0.3) is 5.56 Å². The van der Waals surface area contributed by atoms with Crippen LogP contribution in [-0.2, 0) is 19.5 Å². The molecule has 0 atom stereocenters. The zero-order chi connectivity index (χ0) is 18.1. The largest absolute Gasteiger partial charge is 0.399 e. The Morgan fingerprint density at radius 3 is 2.58 bits per heavy atom. The van der Waals surface area contributed by atoms with Crippen molar-refractivity contribution >= 4 is 17.3 Å². The monoisotopic (exact) mass is 366 g/mol. The molecule has 0 unspecified atom stereocenters. The number of aromatic amines is 1. The second-order valence-corrected chi connectivity index (χ2v) is 6.99. The Morgan fingerprint density at radius 2 is 1.85 bits per heavy atom. The number of aromatic nitrogens is 2. The van der Waals surface area contributed by atoms with E-state index in [1.807, 2.05) is 48.5 Å². The summed E-state index contributed by atoms with van der Waals surface area (Å²) in [5.41, 5.74) is 10.0. The molecule has 26 heavy (non-hydrogen) atoms. The molecule has 132 valence electrons. The molecule has 1 aromatic heterocycles. The number of hydrogen-bond acceptors (Lipinski definition) is 4. The minimum absolute atomic E-state index is 0.0670. The maximum atomic E-state index is 12.6. The highest BCUT2D eigenvalue weighted by molar-refractivity contribution is 6.30. The van der Waals surface area contributed by atoms with Crippen LogP contribution in [0.4, 0.5) is 5.69 Å². The first kappa shape index (κ1) is 16.8. The molecule has 5 nitrogen and oxygen atoms in total. The van der Waals surface area contributed by atoms with Gasteiger partial charge in [0.1, 0.15) is 5.82 Å². The maximum Gasteiger partial charge on any atom is 0.255 e. The van der Waals surface area contributed by atoms with Crippen molar-refractivity contribution in [3.63, 3.8) is 0 Å². The summed E-state index contributed by atoms with van der Waals surface area (Å²) in [5, 5.41) is 0.730. The van der Waals surface area contributed by atoms with Gasteiger partial charge in [-0.1, -0.05) is 23.7 Å². The predicted octanol–water partition coefficient (Wildman–Crippen LogP) is 3.23. The first-order chi connectivity index (χ1) is 12.6. The number of nitrogens with one attached hydrogen (secondary N) is 1. The van der Waals surface area contributed by atoms with Crippen LogP contribution in [0.1, 0.15) is 16.8 Å². The zero-order valence-electron chi connectivity index (χ0n) is 14.2. The lowest BCUT2D eigenvalue weighted by molar-refractivity contribution is 0.242. The first-order valence-corrected chi connectivity index (χ1v) is 8.91. The van der Waals surface area contributed by atoms with E-state index in [2.05, 4.69) is 14.9 Å². The Bertz CT molecular complexity index is 980.